The summed E-state index contributed by atoms with van der Waals surface area (Å²) in [7, 11) is 0. The molecule has 0 spiro atoms. The molecule has 0 aliphatic heterocycles. The average Bonchev–Trinajstić information content (AvgIpc) is 2.21. The lowest BCUT2D eigenvalue weighted by molar-refractivity contribution is 0.599. The van der Waals surface area contributed by atoms with E-state index in [1.165, 1.54) is 30.4 Å². The summed E-state index contributed by atoms with van der Waals surface area (Å²) in [6.07, 6.45) is 6.08. The molecule has 0 amide bonds. The van der Waals surface area contributed by atoms with Crippen molar-refractivity contribution in [3.05, 3.63) is 41.5 Å². The first-order valence-electron chi connectivity index (χ1n) is 5.27. The SMILES string of the molecule is CC1=CCC(c2ccc(N)cc2)CC1. The number of benzene rings is 1. The normalized spacial score (nSPS) is 21.8. The molecule has 0 bridgehead atoms. The number of nitrogen functional groups attached to an aromatic ring is 1. The van der Waals surface area contributed by atoms with Crippen LogP contribution in [0.1, 0.15) is 37.7 Å². The number of nitrogens with two attached hydrogens (primary N) is 1. The number of hydrogen-bond donors (Lipinski definition) is 1. The Morgan fingerprint density at radius 3 is 2.50 bits per heavy atom. The van der Waals surface area contributed by atoms with Gasteiger partial charge in [0, 0.05) is 5.69 Å². The van der Waals surface area contributed by atoms with E-state index in [-0.39, 0.29) is 0 Å². The predicted octanol–water partition coefficient (Wildman–Crippen LogP) is 3.48. The Balaban J connectivity index is 2.13. The predicted molar refractivity (Wildman–Crippen MR) is 61.2 cm³/mol. The summed E-state index contributed by atoms with van der Waals surface area (Å²) in [6, 6.07) is 8.32. The van der Waals surface area contributed by atoms with Crippen molar-refractivity contribution in [2.24, 2.45) is 0 Å². The van der Waals surface area contributed by atoms with E-state index < -0.39 is 0 Å². The van der Waals surface area contributed by atoms with Crippen LogP contribution in [0.3, 0.4) is 0 Å². The van der Waals surface area contributed by atoms with E-state index >= 15 is 0 Å². The molecule has 14 heavy (non-hydrogen) atoms. The van der Waals surface area contributed by atoms with Gasteiger partial charge < -0.3 is 5.73 Å². The van der Waals surface area contributed by atoms with Gasteiger partial charge in [-0.2, -0.15) is 0 Å². The zero-order valence-electron chi connectivity index (χ0n) is 8.66. The molecular formula is C13H17N. The van der Waals surface area contributed by atoms with E-state index in [0.29, 0.717) is 5.92 Å². The molecule has 1 atom stereocenters. The average molecular weight is 187 g/mol. The van der Waals surface area contributed by atoms with Crippen molar-refractivity contribution >= 4 is 5.69 Å². The van der Waals surface area contributed by atoms with Gasteiger partial charge in [-0.1, -0.05) is 23.8 Å². The van der Waals surface area contributed by atoms with Gasteiger partial charge in [-0.3, -0.25) is 0 Å². The van der Waals surface area contributed by atoms with Gasteiger partial charge in [0.1, 0.15) is 0 Å². The molecule has 2 rings (SSSR count). The number of rotatable bonds is 1. The quantitative estimate of drug-likeness (QED) is 0.528. The zero-order chi connectivity index (χ0) is 9.97. The summed E-state index contributed by atoms with van der Waals surface area (Å²) in [5.74, 6) is 0.708. The summed E-state index contributed by atoms with van der Waals surface area (Å²) >= 11 is 0. The Labute approximate surface area is 85.6 Å². The van der Waals surface area contributed by atoms with Crippen LogP contribution in [0.5, 0.6) is 0 Å². The summed E-state index contributed by atoms with van der Waals surface area (Å²) < 4.78 is 0. The second kappa shape index (κ2) is 3.87. The molecule has 1 aliphatic carbocycles. The van der Waals surface area contributed by atoms with Crippen molar-refractivity contribution in [3.63, 3.8) is 0 Å². The Hall–Kier alpha value is -1.24. The lowest BCUT2D eigenvalue weighted by Gasteiger charge is -2.20. The van der Waals surface area contributed by atoms with Crippen molar-refractivity contribution in [2.45, 2.75) is 32.1 Å². The van der Waals surface area contributed by atoms with Gasteiger partial charge in [-0.25, -0.2) is 0 Å². The van der Waals surface area contributed by atoms with Crippen LogP contribution in [0.4, 0.5) is 5.69 Å². The van der Waals surface area contributed by atoms with Gasteiger partial charge in [0.05, 0.1) is 0 Å². The lowest BCUT2D eigenvalue weighted by atomic mass is 9.85. The molecule has 1 aromatic rings. The standard InChI is InChI=1S/C13H17N/c1-10-2-4-11(5-3-10)12-6-8-13(14)9-7-12/h2,6-9,11H,3-5,14H2,1H3. The highest BCUT2D eigenvalue weighted by Gasteiger charge is 2.13. The zero-order valence-corrected chi connectivity index (χ0v) is 8.66. The number of allylic oxidation sites excluding steroid dienone is 2. The Bertz CT molecular complexity index is 335. The summed E-state index contributed by atoms with van der Waals surface area (Å²) in [5, 5.41) is 0. The highest BCUT2D eigenvalue weighted by molar-refractivity contribution is 5.40. The molecule has 0 aromatic heterocycles. The highest BCUT2D eigenvalue weighted by atomic mass is 14.5. The Morgan fingerprint density at radius 1 is 1.21 bits per heavy atom. The maximum atomic E-state index is 5.67. The van der Waals surface area contributed by atoms with E-state index in [2.05, 4.69) is 25.1 Å². The Kier molecular flexibility index (Phi) is 2.58. The van der Waals surface area contributed by atoms with Crippen LogP contribution < -0.4 is 5.73 Å². The first kappa shape index (κ1) is 9.32. The molecule has 0 saturated heterocycles. The van der Waals surface area contributed by atoms with Crippen LogP contribution in [0, 0.1) is 0 Å². The van der Waals surface area contributed by atoms with Gasteiger partial charge in [-0.05, 0) is 49.8 Å². The van der Waals surface area contributed by atoms with Gasteiger partial charge in [0.2, 0.25) is 0 Å². The number of hydrogen-bond acceptors (Lipinski definition) is 1. The molecule has 1 heteroatoms. The van der Waals surface area contributed by atoms with E-state index in [9.17, 15) is 0 Å². The largest absolute Gasteiger partial charge is 0.399 e. The minimum atomic E-state index is 0.708. The first-order valence-corrected chi connectivity index (χ1v) is 5.27. The van der Waals surface area contributed by atoms with E-state index in [1.807, 2.05) is 12.1 Å². The van der Waals surface area contributed by atoms with E-state index in [0.717, 1.165) is 5.69 Å². The van der Waals surface area contributed by atoms with Crippen LogP contribution in [-0.4, -0.2) is 0 Å². The maximum Gasteiger partial charge on any atom is 0.0314 e. The minimum absolute atomic E-state index is 0.708. The van der Waals surface area contributed by atoms with Gasteiger partial charge in [0.25, 0.3) is 0 Å². The fraction of sp³-hybridized carbons (Fsp3) is 0.385. The minimum Gasteiger partial charge on any atom is -0.399 e. The van der Waals surface area contributed by atoms with Crippen LogP contribution in [0.2, 0.25) is 0 Å². The fourth-order valence-electron chi connectivity index (χ4n) is 2.04. The third-order valence-electron chi connectivity index (χ3n) is 3.05. The molecule has 1 aromatic carbocycles. The van der Waals surface area contributed by atoms with Crippen molar-refractivity contribution in [1.82, 2.24) is 0 Å². The van der Waals surface area contributed by atoms with Crippen LogP contribution in [0.25, 0.3) is 0 Å². The monoisotopic (exact) mass is 187 g/mol. The molecule has 0 saturated carbocycles. The second-order valence-electron chi connectivity index (χ2n) is 4.19. The highest BCUT2D eigenvalue weighted by Crippen LogP contribution is 2.31. The van der Waals surface area contributed by atoms with E-state index in [1.54, 1.807) is 0 Å². The Morgan fingerprint density at radius 2 is 1.93 bits per heavy atom. The fourth-order valence-corrected chi connectivity index (χ4v) is 2.04. The summed E-state index contributed by atoms with van der Waals surface area (Å²) in [4.78, 5) is 0. The third kappa shape index (κ3) is 1.98. The van der Waals surface area contributed by atoms with Crippen LogP contribution in [-0.2, 0) is 0 Å². The molecule has 0 fully saturated rings. The van der Waals surface area contributed by atoms with E-state index in [4.69, 9.17) is 5.73 Å². The third-order valence-corrected chi connectivity index (χ3v) is 3.05. The van der Waals surface area contributed by atoms with Gasteiger partial charge >= 0.3 is 0 Å². The summed E-state index contributed by atoms with van der Waals surface area (Å²) in [6.45, 7) is 2.22. The number of anilines is 1. The van der Waals surface area contributed by atoms with Crippen molar-refractivity contribution < 1.29 is 0 Å². The molecular weight excluding hydrogens is 170 g/mol. The molecule has 1 nitrogen and oxygen atoms in total. The van der Waals surface area contributed by atoms with Crippen molar-refractivity contribution in [3.8, 4) is 0 Å². The topological polar surface area (TPSA) is 26.0 Å². The molecule has 74 valence electrons. The summed E-state index contributed by atoms with van der Waals surface area (Å²) in [5.41, 5.74) is 9.50. The molecule has 2 N–H and O–H groups in total. The smallest absolute Gasteiger partial charge is 0.0314 e. The van der Waals surface area contributed by atoms with Gasteiger partial charge in [-0.15, -0.1) is 0 Å². The lowest BCUT2D eigenvalue weighted by Crippen LogP contribution is -2.03. The maximum absolute atomic E-state index is 5.67. The van der Waals surface area contributed by atoms with Crippen LogP contribution in [0.15, 0.2) is 35.9 Å². The van der Waals surface area contributed by atoms with Gasteiger partial charge in [0.15, 0.2) is 0 Å². The first-order chi connectivity index (χ1) is 6.75. The molecule has 0 radical (unpaired) electrons. The van der Waals surface area contributed by atoms with Crippen molar-refractivity contribution in [2.75, 3.05) is 5.73 Å². The second-order valence-corrected chi connectivity index (χ2v) is 4.19. The molecule has 1 aliphatic rings. The molecule has 1 unspecified atom stereocenters. The molecule has 0 heterocycles. The van der Waals surface area contributed by atoms with Crippen LogP contribution >= 0.6 is 0 Å². The van der Waals surface area contributed by atoms with Crippen molar-refractivity contribution in [1.29, 1.82) is 0 Å².